The number of nitrogens with zero attached hydrogens (tertiary/aromatic N) is 2. The zero-order valence-electron chi connectivity index (χ0n) is 12.8. The number of rotatable bonds is 4. The van der Waals surface area contributed by atoms with Crippen LogP contribution < -0.4 is 10.6 Å². The lowest BCUT2D eigenvalue weighted by molar-refractivity contribution is -0.115. The van der Waals surface area contributed by atoms with Gasteiger partial charge in [0.25, 0.3) is 5.91 Å². The third-order valence-corrected chi connectivity index (χ3v) is 3.17. The van der Waals surface area contributed by atoms with Crippen LogP contribution in [0.2, 0.25) is 0 Å². The fourth-order valence-corrected chi connectivity index (χ4v) is 1.96. The number of hydrogen-bond acceptors (Lipinski definition) is 4. The molecule has 0 atom stereocenters. The molecule has 0 aliphatic heterocycles. The van der Waals surface area contributed by atoms with E-state index < -0.39 is 5.91 Å². The van der Waals surface area contributed by atoms with Gasteiger partial charge in [-0.3, -0.25) is 14.6 Å². The predicted octanol–water partition coefficient (Wildman–Crippen LogP) is 1.77. The van der Waals surface area contributed by atoms with Crippen LogP contribution in [0.5, 0.6) is 0 Å². The molecule has 1 aromatic carbocycles. The molecule has 0 saturated heterocycles. The van der Waals surface area contributed by atoms with Gasteiger partial charge in [-0.15, -0.1) is 0 Å². The number of para-hydroxylation sites is 1. The number of benzene rings is 1. The Morgan fingerprint density at radius 3 is 2.32 bits per heavy atom. The van der Waals surface area contributed by atoms with Gasteiger partial charge in [-0.1, -0.05) is 18.2 Å². The van der Waals surface area contributed by atoms with E-state index in [2.05, 4.69) is 20.6 Å². The number of amides is 2. The average molecular weight is 298 g/mol. The van der Waals surface area contributed by atoms with Crippen LogP contribution in [0.4, 0.5) is 5.69 Å². The Bertz CT molecular complexity index is 676. The van der Waals surface area contributed by atoms with E-state index in [1.807, 2.05) is 32.0 Å². The highest BCUT2D eigenvalue weighted by molar-refractivity contribution is 5.98. The second-order valence-corrected chi connectivity index (χ2v) is 5.04. The molecule has 0 radical (unpaired) electrons. The van der Waals surface area contributed by atoms with Gasteiger partial charge < -0.3 is 10.6 Å². The van der Waals surface area contributed by atoms with Gasteiger partial charge in [-0.05, 0) is 31.9 Å². The Kier molecular flexibility index (Phi) is 4.83. The van der Waals surface area contributed by atoms with Crippen molar-refractivity contribution in [3.63, 3.8) is 0 Å². The minimum atomic E-state index is -0.427. The highest BCUT2D eigenvalue weighted by Crippen LogP contribution is 2.18. The van der Waals surface area contributed by atoms with Crippen molar-refractivity contribution in [1.82, 2.24) is 15.3 Å². The molecule has 0 spiro atoms. The molecule has 1 aromatic heterocycles. The quantitative estimate of drug-likeness (QED) is 0.901. The van der Waals surface area contributed by atoms with Gasteiger partial charge >= 0.3 is 0 Å². The summed E-state index contributed by atoms with van der Waals surface area (Å²) in [4.78, 5) is 31.8. The van der Waals surface area contributed by atoms with E-state index in [0.717, 1.165) is 22.5 Å². The predicted molar refractivity (Wildman–Crippen MR) is 83.6 cm³/mol. The molecule has 0 bridgehead atoms. The molecule has 2 rings (SSSR count). The van der Waals surface area contributed by atoms with E-state index in [1.54, 1.807) is 6.92 Å². The van der Waals surface area contributed by atoms with E-state index in [-0.39, 0.29) is 18.1 Å². The van der Waals surface area contributed by atoms with Gasteiger partial charge in [-0.25, -0.2) is 4.98 Å². The third-order valence-electron chi connectivity index (χ3n) is 3.17. The summed E-state index contributed by atoms with van der Waals surface area (Å²) in [5.74, 6) is -0.713. The number of aryl methyl sites for hydroxylation is 3. The largest absolute Gasteiger partial charge is 0.342 e. The zero-order valence-corrected chi connectivity index (χ0v) is 12.8. The van der Waals surface area contributed by atoms with Gasteiger partial charge in [0.15, 0.2) is 0 Å². The Labute approximate surface area is 129 Å². The topological polar surface area (TPSA) is 84.0 Å². The molecule has 2 amide bonds. The van der Waals surface area contributed by atoms with Crippen LogP contribution in [-0.4, -0.2) is 28.3 Å². The van der Waals surface area contributed by atoms with Crippen LogP contribution >= 0.6 is 0 Å². The Morgan fingerprint density at radius 1 is 1.05 bits per heavy atom. The van der Waals surface area contributed by atoms with Crippen molar-refractivity contribution in [3.8, 4) is 0 Å². The number of hydrogen-bond donors (Lipinski definition) is 2. The number of anilines is 1. The maximum atomic E-state index is 11.9. The second kappa shape index (κ2) is 6.80. The van der Waals surface area contributed by atoms with Crippen LogP contribution in [-0.2, 0) is 4.79 Å². The molecule has 0 saturated carbocycles. The first-order valence-corrected chi connectivity index (χ1v) is 6.90. The van der Waals surface area contributed by atoms with Crippen molar-refractivity contribution in [2.45, 2.75) is 20.8 Å². The zero-order chi connectivity index (χ0) is 16.1. The van der Waals surface area contributed by atoms with Crippen LogP contribution in [0.25, 0.3) is 0 Å². The lowest BCUT2D eigenvalue weighted by Gasteiger charge is -2.11. The van der Waals surface area contributed by atoms with Gasteiger partial charge in [0.2, 0.25) is 5.91 Å². The maximum absolute atomic E-state index is 11.9. The molecule has 1 heterocycles. The lowest BCUT2D eigenvalue weighted by Crippen LogP contribution is -2.33. The van der Waals surface area contributed by atoms with E-state index in [1.165, 1.54) is 12.4 Å². The maximum Gasteiger partial charge on any atom is 0.271 e. The molecule has 0 unspecified atom stereocenters. The summed E-state index contributed by atoms with van der Waals surface area (Å²) in [6, 6.07) is 5.77. The van der Waals surface area contributed by atoms with Crippen molar-refractivity contribution < 1.29 is 9.59 Å². The van der Waals surface area contributed by atoms with Crippen molar-refractivity contribution in [2.24, 2.45) is 0 Å². The molecule has 0 aliphatic rings. The monoisotopic (exact) mass is 298 g/mol. The Balaban J connectivity index is 1.93. The number of carbonyl (C=O) groups excluding carboxylic acids is 2. The SMILES string of the molecule is Cc1cnc(C(=O)NCC(=O)Nc2c(C)cccc2C)cn1. The van der Waals surface area contributed by atoms with Crippen molar-refractivity contribution in [3.05, 3.63) is 53.1 Å². The molecule has 0 fully saturated rings. The Hall–Kier alpha value is -2.76. The molecule has 6 nitrogen and oxygen atoms in total. The fraction of sp³-hybridized carbons (Fsp3) is 0.250. The molecule has 2 N–H and O–H groups in total. The van der Waals surface area contributed by atoms with Gasteiger partial charge in [0.1, 0.15) is 5.69 Å². The molecule has 114 valence electrons. The molecule has 22 heavy (non-hydrogen) atoms. The molecule has 0 aliphatic carbocycles. The summed E-state index contributed by atoms with van der Waals surface area (Å²) < 4.78 is 0. The highest BCUT2D eigenvalue weighted by Gasteiger charge is 2.11. The van der Waals surface area contributed by atoms with E-state index in [4.69, 9.17) is 0 Å². The van der Waals surface area contributed by atoms with Crippen molar-refractivity contribution in [2.75, 3.05) is 11.9 Å². The van der Waals surface area contributed by atoms with Crippen LogP contribution in [0, 0.1) is 20.8 Å². The summed E-state index contributed by atoms with van der Waals surface area (Å²) >= 11 is 0. The standard InChI is InChI=1S/C16H18N4O2/c1-10-5-4-6-11(2)15(10)20-14(21)9-19-16(22)13-8-17-12(3)7-18-13/h4-8H,9H2,1-3H3,(H,19,22)(H,20,21). The summed E-state index contributed by atoms with van der Waals surface area (Å²) in [5.41, 5.74) is 3.64. The fourth-order valence-electron chi connectivity index (χ4n) is 1.96. The van der Waals surface area contributed by atoms with E-state index in [9.17, 15) is 9.59 Å². The third kappa shape index (κ3) is 3.88. The first kappa shape index (κ1) is 15.6. The Morgan fingerprint density at radius 2 is 1.73 bits per heavy atom. The van der Waals surface area contributed by atoms with Crippen molar-refractivity contribution in [1.29, 1.82) is 0 Å². The van der Waals surface area contributed by atoms with Gasteiger partial charge in [0.05, 0.1) is 18.4 Å². The summed E-state index contributed by atoms with van der Waals surface area (Å²) in [6.07, 6.45) is 2.89. The van der Waals surface area contributed by atoms with Gasteiger partial charge in [-0.2, -0.15) is 0 Å². The highest BCUT2D eigenvalue weighted by atomic mass is 16.2. The molecular formula is C16H18N4O2. The number of nitrogens with one attached hydrogen (secondary N) is 2. The van der Waals surface area contributed by atoms with Crippen molar-refractivity contribution >= 4 is 17.5 Å². The summed E-state index contributed by atoms with van der Waals surface area (Å²) in [5, 5.41) is 5.33. The first-order valence-electron chi connectivity index (χ1n) is 6.90. The number of aromatic nitrogens is 2. The minimum absolute atomic E-state index is 0.123. The molecule has 6 heteroatoms. The number of carbonyl (C=O) groups is 2. The van der Waals surface area contributed by atoms with Crippen LogP contribution in [0.3, 0.4) is 0 Å². The van der Waals surface area contributed by atoms with E-state index in [0.29, 0.717) is 0 Å². The molecular weight excluding hydrogens is 280 g/mol. The molecule has 2 aromatic rings. The summed E-state index contributed by atoms with van der Waals surface area (Å²) in [6.45, 7) is 5.50. The smallest absolute Gasteiger partial charge is 0.271 e. The van der Waals surface area contributed by atoms with E-state index >= 15 is 0 Å². The first-order chi connectivity index (χ1) is 10.5. The normalized spacial score (nSPS) is 10.1. The minimum Gasteiger partial charge on any atom is -0.342 e. The van der Waals surface area contributed by atoms with Gasteiger partial charge in [0, 0.05) is 11.9 Å². The second-order valence-electron chi connectivity index (χ2n) is 5.04. The van der Waals surface area contributed by atoms with Crippen LogP contribution in [0.1, 0.15) is 27.3 Å². The lowest BCUT2D eigenvalue weighted by atomic mass is 10.1. The average Bonchev–Trinajstić information content (AvgIpc) is 2.49. The summed E-state index contributed by atoms with van der Waals surface area (Å²) in [7, 11) is 0. The van der Waals surface area contributed by atoms with Crippen LogP contribution in [0.15, 0.2) is 30.6 Å².